The van der Waals surface area contributed by atoms with Crippen molar-refractivity contribution >= 4 is 33.4 Å². The first-order valence-corrected chi connectivity index (χ1v) is 11.6. The molecule has 0 aliphatic heterocycles. The van der Waals surface area contributed by atoms with Crippen molar-refractivity contribution in [2.24, 2.45) is 7.05 Å². The van der Waals surface area contributed by atoms with E-state index in [1.165, 1.54) is 26.0 Å². The van der Waals surface area contributed by atoms with E-state index < -0.39 is 5.91 Å². The Morgan fingerprint density at radius 2 is 1.57 bits per heavy atom. The number of para-hydroxylation sites is 1. The van der Waals surface area contributed by atoms with E-state index in [4.69, 9.17) is 14.2 Å². The van der Waals surface area contributed by atoms with Gasteiger partial charge in [-0.25, -0.2) is 0 Å². The molecule has 37 heavy (non-hydrogen) atoms. The molecule has 2 heterocycles. The fourth-order valence-corrected chi connectivity index (χ4v) is 4.54. The van der Waals surface area contributed by atoms with Crippen LogP contribution in [0.3, 0.4) is 0 Å². The molecule has 188 valence electrons. The van der Waals surface area contributed by atoms with Crippen LogP contribution < -0.4 is 25.1 Å². The van der Waals surface area contributed by atoms with E-state index in [1.54, 1.807) is 28.8 Å². The van der Waals surface area contributed by atoms with Crippen molar-refractivity contribution in [1.82, 2.24) is 14.3 Å². The summed E-state index contributed by atoms with van der Waals surface area (Å²) >= 11 is 0. The standard InChI is InChI=1S/C28H26N4O5/c1-16-10-12-18(13-11-16)32-28(34)25-23(19-8-6-7-9-20(19)31(25)2)24(30-32)27(33)29-17-14-21(35-3)26(37-5)22(15-17)36-4/h6-15H,1-5H3,(H,29,33). The second-order valence-corrected chi connectivity index (χ2v) is 8.57. The summed E-state index contributed by atoms with van der Waals surface area (Å²) in [7, 11) is 6.32. The molecule has 1 N–H and O–H groups in total. The number of nitrogens with zero attached hydrogens (tertiary/aromatic N) is 3. The highest BCUT2D eigenvalue weighted by Crippen LogP contribution is 2.40. The molecule has 0 radical (unpaired) electrons. The lowest BCUT2D eigenvalue weighted by molar-refractivity contribution is 0.102. The molecule has 0 saturated heterocycles. The van der Waals surface area contributed by atoms with Gasteiger partial charge in [-0.15, -0.1) is 0 Å². The predicted molar refractivity (Wildman–Crippen MR) is 143 cm³/mol. The lowest BCUT2D eigenvalue weighted by Crippen LogP contribution is -2.27. The summed E-state index contributed by atoms with van der Waals surface area (Å²) in [6.45, 7) is 1.96. The Kier molecular flexibility index (Phi) is 6.04. The van der Waals surface area contributed by atoms with E-state index in [1.807, 2.05) is 50.4 Å². The molecule has 0 bridgehead atoms. The third kappa shape index (κ3) is 3.94. The zero-order valence-corrected chi connectivity index (χ0v) is 21.2. The molecular weight excluding hydrogens is 472 g/mol. The van der Waals surface area contributed by atoms with Crippen LogP contribution in [0.4, 0.5) is 5.69 Å². The van der Waals surface area contributed by atoms with Gasteiger partial charge in [-0.05, 0) is 25.1 Å². The first-order chi connectivity index (χ1) is 17.9. The van der Waals surface area contributed by atoms with Crippen LogP contribution >= 0.6 is 0 Å². The number of hydrogen-bond acceptors (Lipinski definition) is 6. The van der Waals surface area contributed by atoms with E-state index in [0.717, 1.165) is 16.5 Å². The van der Waals surface area contributed by atoms with Gasteiger partial charge in [0.2, 0.25) is 5.75 Å². The normalized spacial score (nSPS) is 11.1. The summed E-state index contributed by atoms with van der Waals surface area (Å²) in [5.74, 6) is 0.706. The minimum Gasteiger partial charge on any atom is -0.493 e. The molecule has 9 nitrogen and oxygen atoms in total. The van der Waals surface area contributed by atoms with Gasteiger partial charge >= 0.3 is 0 Å². The van der Waals surface area contributed by atoms with Crippen molar-refractivity contribution in [3.8, 4) is 22.9 Å². The van der Waals surface area contributed by atoms with E-state index in [0.29, 0.717) is 39.5 Å². The van der Waals surface area contributed by atoms with Gasteiger partial charge in [-0.3, -0.25) is 9.59 Å². The number of carbonyl (C=O) groups excluding carboxylic acids is 1. The predicted octanol–water partition coefficient (Wildman–Crippen LogP) is 4.46. The topological polar surface area (TPSA) is 96.6 Å². The zero-order chi connectivity index (χ0) is 26.3. The maximum Gasteiger partial charge on any atom is 0.296 e. The first-order valence-electron chi connectivity index (χ1n) is 11.6. The molecule has 2 aromatic heterocycles. The highest BCUT2D eigenvalue weighted by Gasteiger charge is 2.24. The zero-order valence-electron chi connectivity index (χ0n) is 21.2. The molecule has 0 fully saturated rings. The maximum absolute atomic E-state index is 13.8. The summed E-state index contributed by atoms with van der Waals surface area (Å²) in [6.07, 6.45) is 0. The van der Waals surface area contributed by atoms with Gasteiger partial charge in [0.25, 0.3) is 11.5 Å². The van der Waals surface area contributed by atoms with Crippen LogP contribution in [0.5, 0.6) is 17.2 Å². The third-order valence-electron chi connectivity index (χ3n) is 6.35. The largest absolute Gasteiger partial charge is 0.493 e. The summed E-state index contributed by atoms with van der Waals surface area (Å²) in [4.78, 5) is 27.4. The lowest BCUT2D eigenvalue weighted by atomic mass is 10.1. The molecule has 0 atom stereocenters. The fraction of sp³-hybridized carbons (Fsp3) is 0.179. The number of aromatic nitrogens is 3. The van der Waals surface area contributed by atoms with Gasteiger partial charge in [0.1, 0.15) is 5.52 Å². The molecule has 0 aliphatic carbocycles. The third-order valence-corrected chi connectivity index (χ3v) is 6.35. The van der Waals surface area contributed by atoms with E-state index in [-0.39, 0.29) is 11.3 Å². The summed E-state index contributed by atoms with van der Waals surface area (Å²) in [5, 5.41) is 8.70. The summed E-state index contributed by atoms with van der Waals surface area (Å²) in [5.41, 5.74) is 3.02. The number of rotatable bonds is 6. The van der Waals surface area contributed by atoms with Crippen LogP contribution in [0, 0.1) is 6.92 Å². The molecule has 3 aromatic carbocycles. The molecule has 5 rings (SSSR count). The van der Waals surface area contributed by atoms with Crippen LogP contribution in [0.1, 0.15) is 16.1 Å². The van der Waals surface area contributed by atoms with Crippen molar-refractivity contribution in [3.63, 3.8) is 0 Å². The molecule has 0 saturated carbocycles. The molecule has 1 amide bonds. The van der Waals surface area contributed by atoms with Gasteiger partial charge < -0.3 is 24.1 Å². The Balaban J connectivity index is 1.74. The first kappa shape index (κ1) is 23.9. The number of amides is 1. The van der Waals surface area contributed by atoms with Crippen molar-refractivity contribution < 1.29 is 19.0 Å². The van der Waals surface area contributed by atoms with Crippen LogP contribution in [0.2, 0.25) is 0 Å². The SMILES string of the molecule is COc1cc(NC(=O)c2nn(-c3ccc(C)cc3)c(=O)c3c2c2ccccc2n3C)cc(OC)c1OC. The van der Waals surface area contributed by atoms with E-state index in [2.05, 4.69) is 10.4 Å². The highest BCUT2D eigenvalue weighted by atomic mass is 16.5. The number of fused-ring (bicyclic) bond motifs is 3. The Labute approximate surface area is 212 Å². The van der Waals surface area contributed by atoms with Gasteiger partial charge in [-0.2, -0.15) is 9.78 Å². The van der Waals surface area contributed by atoms with Crippen LogP contribution in [-0.2, 0) is 7.05 Å². The number of anilines is 1. The van der Waals surface area contributed by atoms with Gasteiger partial charge in [0.15, 0.2) is 17.2 Å². The Hall–Kier alpha value is -4.79. The Morgan fingerprint density at radius 3 is 2.19 bits per heavy atom. The van der Waals surface area contributed by atoms with Crippen molar-refractivity contribution in [2.45, 2.75) is 6.92 Å². The molecular formula is C28H26N4O5. The van der Waals surface area contributed by atoms with E-state index in [9.17, 15) is 9.59 Å². The van der Waals surface area contributed by atoms with Crippen LogP contribution in [0.15, 0.2) is 65.5 Å². The number of ether oxygens (including phenoxy) is 3. The molecule has 5 aromatic rings. The lowest BCUT2D eigenvalue weighted by Gasteiger charge is -2.15. The smallest absolute Gasteiger partial charge is 0.296 e. The van der Waals surface area contributed by atoms with Gasteiger partial charge in [0.05, 0.1) is 27.0 Å². The van der Waals surface area contributed by atoms with Crippen LogP contribution in [-0.4, -0.2) is 41.6 Å². The minimum atomic E-state index is -0.489. The van der Waals surface area contributed by atoms with Gasteiger partial charge in [0, 0.05) is 41.2 Å². The second-order valence-electron chi connectivity index (χ2n) is 8.57. The quantitative estimate of drug-likeness (QED) is 0.371. The average molecular weight is 499 g/mol. The summed E-state index contributed by atoms with van der Waals surface area (Å²) < 4.78 is 19.3. The molecule has 9 heteroatoms. The Bertz CT molecular complexity index is 1690. The van der Waals surface area contributed by atoms with Crippen molar-refractivity contribution in [2.75, 3.05) is 26.6 Å². The number of nitrogens with one attached hydrogen (secondary N) is 1. The van der Waals surface area contributed by atoms with Crippen LogP contribution in [0.25, 0.3) is 27.5 Å². The minimum absolute atomic E-state index is 0.112. The Morgan fingerprint density at radius 1 is 0.919 bits per heavy atom. The fourth-order valence-electron chi connectivity index (χ4n) is 4.54. The van der Waals surface area contributed by atoms with Crippen molar-refractivity contribution in [1.29, 1.82) is 0 Å². The maximum atomic E-state index is 13.8. The number of carbonyl (C=O) groups is 1. The summed E-state index contributed by atoms with van der Waals surface area (Å²) in [6, 6.07) is 18.2. The number of aryl methyl sites for hydroxylation is 2. The van der Waals surface area contributed by atoms with Crippen molar-refractivity contribution in [3.05, 3.63) is 82.3 Å². The number of benzene rings is 3. The highest BCUT2D eigenvalue weighted by molar-refractivity contribution is 6.19. The monoisotopic (exact) mass is 498 g/mol. The molecule has 0 unspecified atom stereocenters. The van der Waals surface area contributed by atoms with E-state index >= 15 is 0 Å². The number of hydrogen-bond donors (Lipinski definition) is 1. The second kappa shape index (κ2) is 9.34. The molecule has 0 aliphatic rings. The molecule has 0 spiro atoms. The van der Waals surface area contributed by atoms with Gasteiger partial charge in [-0.1, -0.05) is 35.9 Å². The number of methoxy groups -OCH3 is 3. The average Bonchev–Trinajstić information content (AvgIpc) is 3.21.